The van der Waals surface area contributed by atoms with Crippen LogP contribution in [-0.2, 0) is 42.7 Å². The molecule has 8 aliphatic rings. The summed E-state index contributed by atoms with van der Waals surface area (Å²) in [6, 6.07) is 0. The molecule has 4 aliphatic heterocycles. The summed E-state index contributed by atoms with van der Waals surface area (Å²) in [7, 11) is 1.70. The highest BCUT2D eigenvalue weighted by Crippen LogP contribution is 2.71. The molecular formula is C45H74O18. The first kappa shape index (κ1) is 48.4. The molecule has 0 bridgehead atoms. The van der Waals surface area contributed by atoms with E-state index in [1.165, 1.54) is 0 Å². The molecule has 4 heterocycles. The first-order valence-electron chi connectivity index (χ1n) is 23.4. The van der Waals surface area contributed by atoms with E-state index in [-0.39, 0.29) is 71.4 Å². The van der Waals surface area contributed by atoms with Crippen molar-refractivity contribution >= 4 is 5.78 Å². The Morgan fingerprint density at radius 1 is 0.794 bits per heavy atom. The standard InChI is InChI=1S/C45H74O18/c1-19(17-57-40-37(54)35(52)34(51)30(16-46)61-40)7-12-45(56-6)20(2)31-29(63-45)15-25-23-14-28(26-13-22(47)8-10-43(26,4)24(23)9-11-44(25,31)5)60-42-38(55)39(32(49)21(3)59-42)62-41-36(53)33(50)27(48)18-58-41/h19-21,23-42,46,48-55H,7-18H2,1-6H3. The molecular weight excluding hydrogens is 828 g/mol. The average Bonchev–Trinajstić information content (AvgIpc) is 3.72. The van der Waals surface area contributed by atoms with Gasteiger partial charge < -0.3 is 83.9 Å². The van der Waals surface area contributed by atoms with E-state index in [1.807, 2.05) is 6.92 Å². The third-order valence-electron chi connectivity index (χ3n) is 17.7. The highest BCUT2D eigenvalue weighted by Gasteiger charge is 2.70. The Morgan fingerprint density at radius 2 is 1.52 bits per heavy atom. The third-order valence-corrected chi connectivity index (χ3v) is 17.7. The number of hydrogen-bond acceptors (Lipinski definition) is 18. The van der Waals surface area contributed by atoms with Gasteiger partial charge in [0.05, 0.1) is 38.1 Å². The quantitative estimate of drug-likeness (QED) is 0.114. The summed E-state index contributed by atoms with van der Waals surface area (Å²) < 4.78 is 49.1. The molecule has 4 saturated carbocycles. The minimum atomic E-state index is -1.63. The zero-order chi connectivity index (χ0) is 45.5. The number of carbonyl (C=O) groups excluding carboxylic acids is 1. The summed E-state index contributed by atoms with van der Waals surface area (Å²) in [5.74, 6) is 0.356. The van der Waals surface area contributed by atoms with Crippen LogP contribution in [0.3, 0.4) is 0 Å². The first-order chi connectivity index (χ1) is 29.8. The molecule has 18 heteroatoms. The van der Waals surface area contributed by atoms with E-state index in [1.54, 1.807) is 14.0 Å². The van der Waals surface area contributed by atoms with Crippen molar-refractivity contribution in [1.82, 2.24) is 0 Å². The lowest BCUT2D eigenvalue weighted by Crippen LogP contribution is -2.64. The Labute approximate surface area is 369 Å². The van der Waals surface area contributed by atoms with Gasteiger partial charge in [-0.05, 0) is 91.8 Å². The molecule has 8 rings (SSSR count). The molecule has 0 radical (unpaired) electrons. The maximum atomic E-state index is 13.2. The Hall–Kier alpha value is -1.01. The van der Waals surface area contributed by atoms with Gasteiger partial charge in [0, 0.05) is 32.3 Å². The fourth-order valence-electron chi connectivity index (χ4n) is 14.0. The van der Waals surface area contributed by atoms with Gasteiger partial charge in [-0.3, -0.25) is 4.79 Å². The van der Waals surface area contributed by atoms with Gasteiger partial charge in [-0.1, -0.05) is 27.7 Å². The second-order valence-corrected chi connectivity index (χ2v) is 21.1. The second-order valence-electron chi connectivity index (χ2n) is 21.1. The summed E-state index contributed by atoms with van der Waals surface area (Å²) >= 11 is 0. The molecule has 4 saturated heterocycles. The van der Waals surface area contributed by atoms with Crippen LogP contribution in [-0.4, -0.2) is 183 Å². The maximum absolute atomic E-state index is 13.2. The molecule has 26 unspecified atom stereocenters. The zero-order valence-corrected chi connectivity index (χ0v) is 37.5. The fourth-order valence-corrected chi connectivity index (χ4v) is 14.0. The third kappa shape index (κ3) is 8.40. The number of carbonyl (C=O) groups is 1. The topological polar surface area (TPSA) is 273 Å². The predicted octanol–water partition coefficient (Wildman–Crippen LogP) is -0.279. The zero-order valence-electron chi connectivity index (χ0n) is 37.5. The molecule has 9 N–H and O–H groups in total. The Morgan fingerprint density at radius 3 is 2.24 bits per heavy atom. The van der Waals surface area contributed by atoms with Crippen molar-refractivity contribution in [3.8, 4) is 0 Å². The molecule has 362 valence electrons. The second kappa shape index (κ2) is 18.5. The van der Waals surface area contributed by atoms with Crippen LogP contribution in [0.15, 0.2) is 0 Å². The number of ketones is 1. The highest BCUT2D eigenvalue weighted by molar-refractivity contribution is 5.79. The van der Waals surface area contributed by atoms with E-state index >= 15 is 0 Å². The van der Waals surface area contributed by atoms with Crippen molar-refractivity contribution in [2.24, 2.45) is 52.3 Å². The lowest BCUT2D eigenvalue weighted by molar-refractivity contribution is -0.356. The van der Waals surface area contributed by atoms with Gasteiger partial charge in [0.2, 0.25) is 0 Å². The SMILES string of the molecule is COC1(CCC(C)COC2OC(CO)C(O)C(O)C2O)OC2CC3C4CC(OC5OC(C)C(O)C(OC6OCC(O)C(O)C6O)C5O)C5CC(=O)CCC5(C)C4CCC3(C)C2C1C. The van der Waals surface area contributed by atoms with Crippen molar-refractivity contribution in [2.45, 2.75) is 196 Å². The van der Waals surface area contributed by atoms with E-state index in [0.29, 0.717) is 38.0 Å². The summed E-state index contributed by atoms with van der Waals surface area (Å²) in [6.07, 6.45) is -13.0. The summed E-state index contributed by atoms with van der Waals surface area (Å²) in [6.45, 7) is 9.96. The number of aliphatic hydroxyl groups is 9. The first-order valence-corrected chi connectivity index (χ1v) is 23.4. The predicted molar refractivity (Wildman–Crippen MR) is 217 cm³/mol. The molecule has 26 atom stereocenters. The van der Waals surface area contributed by atoms with Crippen molar-refractivity contribution in [3.05, 3.63) is 0 Å². The van der Waals surface area contributed by atoms with Crippen molar-refractivity contribution < 1.29 is 88.6 Å². The molecule has 8 fully saturated rings. The average molecular weight is 903 g/mol. The van der Waals surface area contributed by atoms with Gasteiger partial charge in [-0.25, -0.2) is 0 Å². The monoisotopic (exact) mass is 902 g/mol. The largest absolute Gasteiger partial charge is 0.394 e. The van der Waals surface area contributed by atoms with Crippen LogP contribution >= 0.6 is 0 Å². The van der Waals surface area contributed by atoms with Crippen LogP contribution in [0.5, 0.6) is 0 Å². The molecule has 18 nitrogen and oxygen atoms in total. The van der Waals surface area contributed by atoms with Gasteiger partial charge in [0.1, 0.15) is 66.8 Å². The molecule has 0 amide bonds. The molecule has 4 aliphatic carbocycles. The van der Waals surface area contributed by atoms with Gasteiger partial charge in [0.15, 0.2) is 24.7 Å². The molecule has 0 aromatic carbocycles. The number of methoxy groups -OCH3 is 1. The summed E-state index contributed by atoms with van der Waals surface area (Å²) in [5.41, 5.74) is -0.298. The molecule has 0 aromatic rings. The minimum absolute atomic E-state index is 0.0106. The molecule has 0 aromatic heterocycles. The van der Waals surface area contributed by atoms with Crippen LogP contribution in [0.25, 0.3) is 0 Å². The van der Waals surface area contributed by atoms with Crippen molar-refractivity contribution in [2.75, 3.05) is 26.9 Å². The number of fused-ring (bicyclic) bond motifs is 7. The number of hydrogen-bond donors (Lipinski definition) is 9. The van der Waals surface area contributed by atoms with Crippen LogP contribution < -0.4 is 0 Å². The van der Waals surface area contributed by atoms with E-state index in [4.69, 9.17) is 37.9 Å². The minimum Gasteiger partial charge on any atom is -0.394 e. The smallest absolute Gasteiger partial charge is 0.186 e. The van der Waals surface area contributed by atoms with Crippen molar-refractivity contribution in [1.29, 1.82) is 0 Å². The highest BCUT2D eigenvalue weighted by atomic mass is 16.7. The number of Topliss-reactive ketones (excluding diaryl/α,β-unsaturated/α-hetero) is 1. The molecule has 0 spiro atoms. The van der Waals surface area contributed by atoms with E-state index in [0.717, 1.165) is 25.7 Å². The van der Waals surface area contributed by atoms with Gasteiger partial charge >= 0.3 is 0 Å². The number of ether oxygens (including phenoxy) is 8. The summed E-state index contributed by atoms with van der Waals surface area (Å²) in [5, 5.41) is 94.0. The Balaban J connectivity index is 0.955. The fraction of sp³-hybridized carbons (Fsp3) is 0.978. The Kier molecular flexibility index (Phi) is 14.2. The number of aliphatic hydroxyl groups excluding tert-OH is 9. The normalized spacial score (nSPS) is 55.1. The lowest BCUT2D eigenvalue weighted by atomic mass is 9.43. The summed E-state index contributed by atoms with van der Waals surface area (Å²) in [4.78, 5) is 13.2. The van der Waals surface area contributed by atoms with Gasteiger partial charge in [-0.2, -0.15) is 0 Å². The van der Waals surface area contributed by atoms with E-state index < -0.39 is 105 Å². The van der Waals surface area contributed by atoms with Gasteiger partial charge in [-0.15, -0.1) is 0 Å². The van der Waals surface area contributed by atoms with E-state index in [9.17, 15) is 50.8 Å². The van der Waals surface area contributed by atoms with E-state index in [2.05, 4.69) is 20.8 Å². The molecule has 63 heavy (non-hydrogen) atoms. The Bertz CT molecular complexity index is 1590. The maximum Gasteiger partial charge on any atom is 0.186 e. The van der Waals surface area contributed by atoms with Crippen LogP contribution in [0, 0.1) is 52.3 Å². The van der Waals surface area contributed by atoms with Crippen molar-refractivity contribution in [3.63, 3.8) is 0 Å². The van der Waals surface area contributed by atoms with Crippen LogP contribution in [0.2, 0.25) is 0 Å². The lowest BCUT2D eigenvalue weighted by Gasteiger charge is -2.62. The van der Waals surface area contributed by atoms with Gasteiger partial charge in [0.25, 0.3) is 0 Å². The van der Waals surface area contributed by atoms with Crippen LogP contribution in [0.1, 0.15) is 92.4 Å². The van der Waals surface area contributed by atoms with Crippen LogP contribution in [0.4, 0.5) is 0 Å². The number of rotatable bonds is 12.